The van der Waals surface area contributed by atoms with Crippen LogP contribution in [-0.2, 0) is 0 Å². The number of hydrogen-bond acceptors (Lipinski definition) is 1. The SMILES string of the molecule is CC1=NC(Cl)=C(C)CC1. The van der Waals surface area contributed by atoms with Crippen LogP contribution >= 0.6 is 11.6 Å². The van der Waals surface area contributed by atoms with Gasteiger partial charge in [0.05, 0.1) is 0 Å². The van der Waals surface area contributed by atoms with Gasteiger partial charge in [0.1, 0.15) is 5.16 Å². The van der Waals surface area contributed by atoms with Crippen LogP contribution in [0.5, 0.6) is 0 Å². The minimum atomic E-state index is 0.693. The van der Waals surface area contributed by atoms with E-state index in [0.29, 0.717) is 5.16 Å². The van der Waals surface area contributed by atoms with Crippen LogP contribution < -0.4 is 0 Å². The van der Waals surface area contributed by atoms with Crippen molar-refractivity contribution in [3.8, 4) is 0 Å². The summed E-state index contributed by atoms with van der Waals surface area (Å²) in [5.74, 6) is 0. The summed E-state index contributed by atoms with van der Waals surface area (Å²) >= 11 is 5.75. The molecule has 1 aliphatic heterocycles. The predicted octanol–water partition coefficient (Wildman–Crippen LogP) is 2.71. The van der Waals surface area contributed by atoms with E-state index < -0.39 is 0 Å². The molecule has 0 amide bonds. The Hall–Kier alpha value is -0.300. The zero-order valence-electron chi connectivity index (χ0n) is 5.74. The van der Waals surface area contributed by atoms with Gasteiger partial charge in [0.2, 0.25) is 0 Å². The number of hydrogen-bond donors (Lipinski definition) is 0. The van der Waals surface area contributed by atoms with E-state index in [1.165, 1.54) is 5.57 Å². The Labute approximate surface area is 60.4 Å². The fourth-order valence-corrected chi connectivity index (χ4v) is 1.03. The minimum Gasteiger partial charge on any atom is -0.246 e. The summed E-state index contributed by atoms with van der Waals surface area (Å²) in [6, 6.07) is 0. The van der Waals surface area contributed by atoms with Gasteiger partial charge in [-0.25, -0.2) is 4.99 Å². The molecule has 0 spiro atoms. The predicted molar refractivity (Wildman–Crippen MR) is 40.9 cm³/mol. The van der Waals surface area contributed by atoms with E-state index in [1.807, 2.05) is 13.8 Å². The van der Waals surface area contributed by atoms with Crippen molar-refractivity contribution < 1.29 is 0 Å². The molecule has 0 saturated heterocycles. The van der Waals surface area contributed by atoms with E-state index in [0.717, 1.165) is 18.6 Å². The summed E-state index contributed by atoms with van der Waals surface area (Å²) in [6.07, 6.45) is 2.15. The van der Waals surface area contributed by atoms with Gasteiger partial charge in [-0.1, -0.05) is 11.6 Å². The van der Waals surface area contributed by atoms with Gasteiger partial charge in [-0.2, -0.15) is 0 Å². The van der Waals surface area contributed by atoms with Gasteiger partial charge in [0.25, 0.3) is 0 Å². The lowest BCUT2D eigenvalue weighted by Crippen LogP contribution is -1.98. The highest BCUT2D eigenvalue weighted by atomic mass is 35.5. The van der Waals surface area contributed by atoms with Gasteiger partial charge in [0, 0.05) is 5.71 Å². The molecule has 0 saturated carbocycles. The van der Waals surface area contributed by atoms with Gasteiger partial charge >= 0.3 is 0 Å². The number of halogens is 1. The topological polar surface area (TPSA) is 12.4 Å². The smallest absolute Gasteiger partial charge is 0.127 e. The third-order valence-corrected chi connectivity index (χ3v) is 1.91. The van der Waals surface area contributed by atoms with Crippen molar-refractivity contribution in [2.75, 3.05) is 0 Å². The third-order valence-electron chi connectivity index (χ3n) is 1.50. The summed E-state index contributed by atoms with van der Waals surface area (Å²) in [6.45, 7) is 4.03. The van der Waals surface area contributed by atoms with E-state index in [2.05, 4.69) is 4.99 Å². The lowest BCUT2D eigenvalue weighted by molar-refractivity contribution is 0.962. The maximum Gasteiger partial charge on any atom is 0.127 e. The average molecular weight is 144 g/mol. The van der Waals surface area contributed by atoms with Crippen LogP contribution in [0.4, 0.5) is 0 Å². The van der Waals surface area contributed by atoms with Crippen molar-refractivity contribution in [1.29, 1.82) is 0 Å². The first-order valence-corrected chi connectivity index (χ1v) is 3.47. The molecule has 0 atom stereocenters. The molecule has 0 fully saturated rings. The zero-order valence-corrected chi connectivity index (χ0v) is 6.50. The zero-order chi connectivity index (χ0) is 6.85. The normalized spacial score (nSPS) is 20.1. The van der Waals surface area contributed by atoms with E-state index in [9.17, 15) is 0 Å². The summed E-state index contributed by atoms with van der Waals surface area (Å²) < 4.78 is 0. The number of rotatable bonds is 0. The highest BCUT2D eigenvalue weighted by Crippen LogP contribution is 2.21. The summed E-state index contributed by atoms with van der Waals surface area (Å²) in [4.78, 5) is 4.13. The van der Waals surface area contributed by atoms with Crippen molar-refractivity contribution in [2.45, 2.75) is 26.7 Å². The molecule has 0 aromatic carbocycles. The van der Waals surface area contributed by atoms with Crippen molar-refractivity contribution in [3.05, 3.63) is 10.7 Å². The molecule has 0 radical (unpaired) electrons. The Morgan fingerprint density at radius 2 is 2.00 bits per heavy atom. The van der Waals surface area contributed by atoms with Crippen molar-refractivity contribution >= 4 is 17.3 Å². The molecular weight excluding hydrogens is 134 g/mol. The number of aliphatic imine (C=N–C) groups is 1. The molecule has 50 valence electrons. The molecule has 1 nitrogen and oxygen atoms in total. The fraction of sp³-hybridized carbons (Fsp3) is 0.571. The Morgan fingerprint density at radius 3 is 2.44 bits per heavy atom. The van der Waals surface area contributed by atoms with Gasteiger partial charge in [-0.15, -0.1) is 0 Å². The lowest BCUT2D eigenvalue weighted by atomic mass is 10.1. The van der Waals surface area contributed by atoms with Crippen LogP contribution in [-0.4, -0.2) is 5.71 Å². The Morgan fingerprint density at radius 1 is 1.33 bits per heavy atom. The van der Waals surface area contributed by atoms with Crippen LogP contribution in [0.3, 0.4) is 0 Å². The van der Waals surface area contributed by atoms with Crippen molar-refractivity contribution in [1.82, 2.24) is 0 Å². The van der Waals surface area contributed by atoms with Crippen molar-refractivity contribution in [3.63, 3.8) is 0 Å². The van der Waals surface area contributed by atoms with Gasteiger partial charge in [-0.05, 0) is 32.3 Å². The lowest BCUT2D eigenvalue weighted by Gasteiger charge is -2.08. The summed E-state index contributed by atoms with van der Waals surface area (Å²) in [5.41, 5.74) is 2.35. The van der Waals surface area contributed by atoms with Crippen LogP contribution in [0, 0.1) is 0 Å². The maximum atomic E-state index is 5.75. The largest absolute Gasteiger partial charge is 0.246 e. The van der Waals surface area contributed by atoms with Gasteiger partial charge < -0.3 is 0 Å². The second-order valence-electron chi connectivity index (χ2n) is 2.42. The van der Waals surface area contributed by atoms with Crippen LogP contribution in [0.15, 0.2) is 15.7 Å². The standard InChI is InChI=1S/C7H10ClN/c1-5-3-4-6(2)9-7(5)8/h3-4H2,1-2H3. The second kappa shape index (κ2) is 2.53. The first-order valence-electron chi connectivity index (χ1n) is 3.09. The van der Waals surface area contributed by atoms with Gasteiger partial charge in [0.15, 0.2) is 0 Å². The first-order chi connectivity index (χ1) is 4.20. The molecular formula is C7H10ClN. The average Bonchev–Trinajstić information content (AvgIpc) is 1.80. The minimum absolute atomic E-state index is 0.693. The molecule has 0 unspecified atom stereocenters. The molecule has 1 heterocycles. The van der Waals surface area contributed by atoms with E-state index in [1.54, 1.807) is 0 Å². The highest BCUT2D eigenvalue weighted by molar-refractivity contribution is 6.30. The molecule has 1 rings (SSSR count). The monoisotopic (exact) mass is 143 g/mol. The van der Waals surface area contributed by atoms with Crippen LogP contribution in [0.1, 0.15) is 26.7 Å². The Balaban J connectivity index is 2.83. The third kappa shape index (κ3) is 1.55. The van der Waals surface area contributed by atoms with Gasteiger partial charge in [-0.3, -0.25) is 0 Å². The van der Waals surface area contributed by atoms with Crippen LogP contribution in [0.2, 0.25) is 0 Å². The van der Waals surface area contributed by atoms with E-state index >= 15 is 0 Å². The van der Waals surface area contributed by atoms with E-state index in [-0.39, 0.29) is 0 Å². The summed E-state index contributed by atoms with van der Waals surface area (Å²) in [7, 11) is 0. The number of allylic oxidation sites excluding steroid dienone is 1. The molecule has 1 aliphatic rings. The number of nitrogens with zero attached hydrogens (tertiary/aromatic N) is 1. The van der Waals surface area contributed by atoms with E-state index in [4.69, 9.17) is 11.6 Å². The van der Waals surface area contributed by atoms with Crippen LogP contribution in [0.25, 0.3) is 0 Å². The second-order valence-corrected chi connectivity index (χ2v) is 2.78. The molecule has 0 N–H and O–H groups in total. The molecule has 0 aromatic rings. The Kier molecular flexibility index (Phi) is 1.91. The quantitative estimate of drug-likeness (QED) is 0.463. The fourth-order valence-electron chi connectivity index (χ4n) is 0.790. The molecule has 2 heteroatoms. The maximum absolute atomic E-state index is 5.75. The Bertz CT molecular complexity index is 179. The molecule has 9 heavy (non-hydrogen) atoms. The first kappa shape index (κ1) is 6.81. The molecule has 0 bridgehead atoms. The summed E-state index contributed by atoms with van der Waals surface area (Å²) in [5, 5.41) is 0.693. The molecule has 0 aliphatic carbocycles. The highest BCUT2D eigenvalue weighted by Gasteiger charge is 2.05. The molecule has 0 aromatic heterocycles. The van der Waals surface area contributed by atoms with Crippen molar-refractivity contribution in [2.24, 2.45) is 4.99 Å².